The van der Waals surface area contributed by atoms with E-state index in [0.717, 1.165) is 12.8 Å². The number of hydrogen-bond donors (Lipinski definition) is 1. The summed E-state index contributed by atoms with van der Waals surface area (Å²) in [6, 6.07) is 0. The van der Waals surface area contributed by atoms with Crippen molar-refractivity contribution >= 4 is 11.0 Å². The van der Waals surface area contributed by atoms with E-state index in [-0.39, 0.29) is 12.3 Å². The van der Waals surface area contributed by atoms with Crippen LogP contribution >= 0.6 is 0 Å². The molecule has 0 amide bonds. The number of rotatable bonds is 5. The van der Waals surface area contributed by atoms with Gasteiger partial charge in [0.15, 0.2) is 5.52 Å². The van der Waals surface area contributed by atoms with E-state index >= 15 is 0 Å². The molecule has 0 saturated heterocycles. The number of ether oxygens (including phenoxy) is 1. The molecule has 0 aliphatic heterocycles. The second-order valence-corrected chi connectivity index (χ2v) is 3.50. The normalized spacial score (nSPS) is 11.1. The number of nitrogens with one attached hydrogen (secondary N) is 1. The monoisotopic (exact) mass is 222 g/mol. The Morgan fingerprint density at radius 2 is 2.44 bits per heavy atom. The Hall–Kier alpha value is -1.69. The van der Waals surface area contributed by atoms with Crippen LogP contribution in [-0.4, -0.2) is 26.4 Å². The van der Waals surface area contributed by atoms with Gasteiger partial charge in [0.25, 0.3) is 5.56 Å². The topological polar surface area (TPSA) is 72.8 Å². The molecule has 86 valence electrons. The molecular weight excluding hydrogens is 208 g/mol. The van der Waals surface area contributed by atoms with E-state index in [2.05, 4.69) is 22.0 Å². The molecule has 0 aliphatic rings. The lowest BCUT2D eigenvalue weighted by Crippen LogP contribution is -2.24. The van der Waals surface area contributed by atoms with E-state index in [1.807, 2.05) is 0 Å². The van der Waals surface area contributed by atoms with Crippen molar-refractivity contribution in [1.29, 1.82) is 0 Å². The van der Waals surface area contributed by atoms with Gasteiger partial charge in [-0.25, -0.2) is 9.67 Å². The number of aromatic amines is 1. The standard InChI is InChI=1S/C10H14N4O2/c1-2-3-4-16-7-14-10(15)9-8(5-13-14)11-6-12-9/h5-6H,2-4,7H2,1H3,(H,11,12). The number of hydrogen-bond acceptors (Lipinski definition) is 4. The van der Waals surface area contributed by atoms with Crippen molar-refractivity contribution in [2.75, 3.05) is 6.61 Å². The number of unbranched alkanes of at least 4 members (excludes halogenated alkanes) is 1. The summed E-state index contributed by atoms with van der Waals surface area (Å²) < 4.78 is 6.61. The molecule has 1 N–H and O–H groups in total. The first-order valence-electron chi connectivity index (χ1n) is 5.30. The van der Waals surface area contributed by atoms with E-state index in [9.17, 15) is 4.79 Å². The number of aromatic nitrogens is 4. The largest absolute Gasteiger partial charge is 0.359 e. The van der Waals surface area contributed by atoms with Crippen molar-refractivity contribution in [3.63, 3.8) is 0 Å². The summed E-state index contributed by atoms with van der Waals surface area (Å²) in [4.78, 5) is 18.6. The molecule has 16 heavy (non-hydrogen) atoms. The Kier molecular flexibility index (Phi) is 3.31. The summed E-state index contributed by atoms with van der Waals surface area (Å²) in [6.45, 7) is 2.91. The first kappa shape index (κ1) is 10.8. The number of H-pyrrole nitrogens is 1. The highest BCUT2D eigenvalue weighted by Crippen LogP contribution is 1.99. The van der Waals surface area contributed by atoms with Gasteiger partial charge in [0.2, 0.25) is 0 Å². The SMILES string of the molecule is CCCCOCn1ncc2[nH]cnc2c1=O. The molecular formula is C10H14N4O2. The predicted molar refractivity (Wildman–Crippen MR) is 59.0 cm³/mol. The first-order chi connectivity index (χ1) is 7.83. The predicted octanol–water partition coefficient (Wildman–Crippen LogP) is 0.894. The summed E-state index contributed by atoms with van der Waals surface area (Å²) in [5, 5.41) is 3.98. The minimum Gasteiger partial charge on any atom is -0.359 e. The van der Waals surface area contributed by atoms with Crippen molar-refractivity contribution in [3.05, 3.63) is 22.9 Å². The summed E-state index contributed by atoms with van der Waals surface area (Å²) in [5.41, 5.74) is 0.819. The average molecular weight is 222 g/mol. The fraction of sp³-hybridized carbons (Fsp3) is 0.500. The zero-order valence-electron chi connectivity index (χ0n) is 9.14. The third kappa shape index (κ3) is 2.11. The maximum Gasteiger partial charge on any atom is 0.297 e. The maximum atomic E-state index is 11.8. The van der Waals surface area contributed by atoms with Gasteiger partial charge >= 0.3 is 0 Å². The van der Waals surface area contributed by atoms with Crippen molar-refractivity contribution in [1.82, 2.24) is 19.7 Å². The van der Waals surface area contributed by atoms with Crippen LogP contribution in [0.2, 0.25) is 0 Å². The van der Waals surface area contributed by atoms with Crippen molar-refractivity contribution in [2.24, 2.45) is 0 Å². The van der Waals surface area contributed by atoms with Gasteiger partial charge in [0.1, 0.15) is 6.73 Å². The van der Waals surface area contributed by atoms with Gasteiger partial charge in [0, 0.05) is 6.61 Å². The lowest BCUT2D eigenvalue weighted by Gasteiger charge is -2.04. The molecule has 2 aromatic heterocycles. The third-order valence-corrected chi connectivity index (χ3v) is 2.29. The Labute approximate surface area is 92.3 Å². The van der Waals surface area contributed by atoms with Crippen molar-refractivity contribution in [3.8, 4) is 0 Å². The Balaban J connectivity index is 2.12. The van der Waals surface area contributed by atoms with Gasteiger partial charge in [-0.1, -0.05) is 13.3 Å². The minimum absolute atomic E-state index is 0.182. The Bertz CT molecular complexity index is 517. The van der Waals surface area contributed by atoms with Gasteiger partial charge in [-0.05, 0) is 6.42 Å². The second kappa shape index (κ2) is 4.89. The van der Waals surface area contributed by atoms with E-state index in [1.165, 1.54) is 11.0 Å². The van der Waals surface area contributed by atoms with Crippen LogP contribution in [0.25, 0.3) is 11.0 Å². The second-order valence-electron chi connectivity index (χ2n) is 3.50. The van der Waals surface area contributed by atoms with Crippen molar-refractivity contribution < 1.29 is 4.74 Å². The summed E-state index contributed by atoms with van der Waals surface area (Å²) in [5.74, 6) is 0. The van der Waals surface area contributed by atoms with E-state index < -0.39 is 0 Å². The minimum atomic E-state index is -0.227. The molecule has 2 heterocycles. The highest BCUT2D eigenvalue weighted by Gasteiger charge is 2.05. The van der Waals surface area contributed by atoms with Crippen LogP contribution in [0.5, 0.6) is 0 Å². The van der Waals surface area contributed by atoms with Crippen LogP contribution in [0.4, 0.5) is 0 Å². The summed E-state index contributed by atoms with van der Waals surface area (Å²) >= 11 is 0. The lowest BCUT2D eigenvalue weighted by atomic mass is 10.4. The van der Waals surface area contributed by atoms with E-state index in [0.29, 0.717) is 17.6 Å². The molecule has 2 aromatic rings. The molecule has 0 spiro atoms. The fourth-order valence-electron chi connectivity index (χ4n) is 1.36. The van der Waals surface area contributed by atoms with Crippen LogP contribution in [0, 0.1) is 0 Å². The smallest absolute Gasteiger partial charge is 0.297 e. The van der Waals surface area contributed by atoms with Gasteiger partial charge in [-0.15, -0.1) is 0 Å². The molecule has 0 aromatic carbocycles. The highest BCUT2D eigenvalue weighted by molar-refractivity contribution is 5.71. The molecule has 0 atom stereocenters. The van der Waals surface area contributed by atoms with Crippen LogP contribution in [0.15, 0.2) is 17.3 Å². The van der Waals surface area contributed by atoms with E-state index in [1.54, 1.807) is 6.20 Å². The maximum absolute atomic E-state index is 11.8. The highest BCUT2D eigenvalue weighted by atomic mass is 16.5. The molecule has 0 radical (unpaired) electrons. The molecule has 6 nitrogen and oxygen atoms in total. The van der Waals surface area contributed by atoms with Gasteiger partial charge in [-0.3, -0.25) is 4.79 Å². The number of imidazole rings is 1. The number of fused-ring (bicyclic) bond motifs is 1. The number of nitrogens with zero attached hydrogens (tertiary/aromatic N) is 3. The van der Waals surface area contributed by atoms with Crippen LogP contribution in [0.1, 0.15) is 19.8 Å². The Morgan fingerprint density at radius 3 is 3.25 bits per heavy atom. The molecule has 0 bridgehead atoms. The lowest BCUT2D eigenvalue weighted by molar-refractivity contribution is 0.0638. The quantitative estimate of drug-likeness (QED) is 0.762. The third-order valence-electron chi connectivity index (χ3n) is 2.29. The van der Waals surface area contributed by atoms with E-state index in [4.69, 9.17) is 4.74 Å². The summed E-state index contributed by atoms with van der Waals surface area (Å²) in [6.07, 6.45) is 5.11. The van der Waals surface area contributed by atoms with Crippen molar-refractivity contribution in [2.45, 2.75) is 26.5 Å². The Morgan fingerprint density at radius 1 is 1.56 bits per heavy atom. The van der Waals surface area contributed by atoms with Crippen LogP contribution < -0.4 is 5.56 Å². The molecule has 0 aliphatic carbocycles. The molecule has 2 rings (SSSR count). The first-order valence-corrected chi connectivity index (χ1v) is 5.30. The van der Waals surface area contributed by atoms with Gasteiger partial charge in [-0.2, -0.15) is 5.10 Å². The fourth-order valence-corrected chi connectivity index (χ4v) is 1.36. The molecule has 0 fully saturated rings. The van der Waals surface area contributed by atoms with Gasteiger partial charge in [0.05, 0.1) is 18.0 Å². The summed E-state index contributed by atoms with van der Waals surface area (Å²) in [7, 11) is 0. The molecule has 6 heteroatoms. The molecule has 0 saturated carbocycles. The zero-order chi connectivity index (χ0) is 11.4. The van der Waals surface area contributed by atoms with Gasteiger partial charge < -0.3 is 9.72 Å². The average Bonchev–Trinajstić information content (AvgIpc) is 2.76. The zero-order valence-corrected chi connectivity index (χ0v) is 9.14. The molecule has 0 unspecified atom stereocenters. The van der Waals surface area contributed by atoms with Crippen LogP contribution in [-0.2, 0) is 11.5 Å². The van der Waals surface area contributed by atoms with Crippen LogP contribution in [0.3, 0.4) is 0 Å².